The van der Waals surface area contributed by atoms with Gasteiger partial charge in [0.25, 0.3) is 0 Å². The minimum atomic E-state index is -1.53. The standard InChI is InChI=1S/C15H19NO8/c1-21-10-6-5-7-11(22-2)12(10)9(8-16(19)20)13(14(17)23-3)15(18)24-4/h5-7,9,13H,8H2,1-4H3. The summed E-state index contributed by atoms with van der Waals surface area (Å²) in [5.74, 6) is -4.11. The number of methoxy groups -OCH3 is 4. The predicted octanol–water partition coefficient (Wildman–Crippen LogP) is 1.03. The molecule has 24 heavy (non-hydrogen) atoms. The third-order valence-electron chi connectivity index (χ3n) is 3.50. The smallest absolute Gasteiger partial charge is 0.320 e. The number of ether oxygens (including phenoxy) is 4. The highest BCUT2D eigenvalue weighted by molar-refractivity contribution is 5.96. The largest absolute Gasteiger partial charge is 0.496 e. The Labute approximate surface area is 138 Å². The Morgan fingerprint density at radius 1 is 1.04 bits per heavy atom. The maximum atomic E-state index is 12.1. The van der Waals surface area contributed by atoms with Gasteiger partial charge < -0.3 is 18.9 Å². The lowest BCUT2D eigenvalue weighted by atomic mass is 9.84. The molecule has 0 radical (unpaired) electrons. The molecular formula is C15H19NO8. The summed E-state index contributed by atoms with van der Waals surface area (Å²) in [6.45, 7) is -0.717. The van der Waals surface area contributed by atoms with Gasteiger partial charge in [0.2, 0.25) is 6.54 Å². The number of benzene rings is 1. The van der Waals surface area contributed by atoms with E-state index in [1.807, 2.05) is 0 Å². The van der Waals surface area contributed by atoms with Crippen molar-refractivity contribution in [2.24, 2.45) is 5.92 Å². The zero-order valence-electron chi connectivity index (χ0n) is 13.8. The average Bonchev–Trinajstić information content (AvgIpc) is 2.59. The normalized spacial score (nSPS) is 11.5. The van der Waals surface area contributed by atoms with Crippen LogP contribution in [0.25, 0.3) is 0 Å². The maximum Gasteiger partial charge on any atom is 0.320 e. The molecule has 0 saturated heterocycles. The first kappa shape index (κ1) is 19.2. The van der Waals surface area contributed by atoms with E-state index in [1.54, 1.807) is 18.2 Å². The fraction of sp³-hybridized carbons (Fsp3) is 0.467. The molecule has 1 atom stereocenters. The number of carbonyl (C=O) groups excluding carboxylic acids is 2. The molecule has 0 N–H and O–H groups in total. The molecule has 9 heteroatoms. The highest BCUT2D eigenvalue weighted by atomic mass is 16.6. The maximum absolute atomic E-state index is 12.1. The molecule has 1 aromatic carbocycles. The van der Waals surface area contributed by atoms with Gasteiger partial charge in [0.1, 0.15) is 11.5 Å². The fourth-order valence-electron chi connectivity index (χ4n) is 2.45. The molecule has 1 rings (SSSR count). The molecular weight excluding hydrogens is 322 g/mol. The number of nitrogens with zero attached hydrogens (tertiary/aromatic N) is 1. The van der Waals surface area contributed by atoms with Crippen LogP contribution in [0.2, 0.25) is 0 Å². The molecule has 0 aliphatic carbocycles. The molecule has 132 valence electrons. The third kappa shape index (κ3) is 4.12. The first-order valence-electron chi connectivity index (χ1n) is 6.89. The lowest BCUT2D eigenvalue weighted by molar-refractivity contribution is -0.484. The van der Waals surface area contributed by atoms with Gasteiger partial charge in [0, 0.05) is 10.5 Å². The lowest BCUT2D eigenvalue weighted by Crippen LogP contribution is -2.36. The summed E-state index contributed by atoms with van der Waals surface area (Å²) in [5, 5.41) is 11.1. The number of rotatable bonds is 8. The van der Waals surface area contributed by atoms with Crippen LogP contribution in [0.15, 0.2) is 18.2 Å². The second-order valence-corrected chi connectivity index (χ2v) is 4.72. The monoisotopic (exact) mass is 341 g/mol. The van der Waals surface area contributed by atoms with Crippen LogP contribution >= 0.6 is 0 Å². The highest BCUT2D eigenvalue weighted by Gasteiger charge is 2.43. The Balaban J connectivity index is 3.59. The first-order valence-corrected chi connectivity index (χ1v) is 6.89. The van der Waals surface area contributed by atoms with Crippen LogP contribution in [0.3, 0.4) is 0 Å². The average molecular weight is 341 g/mol. The first-order chi connectivity index (χ1) is 11.4. The molecule has 1 aromatic rings. The summed E-state index contributed by atoms with van der Waals surface area (Å²) in [7, 11) is 4.90. The molecule has 1 unspecified atom stereocenters. The van der Waals surface area contributed by atoms with Crippen LogP contribution < -0.4 is 9.47 Å². The van der Waals surface area contributed by atoms with Crippen LogP contribution in [0.5, 0.6) is 11.5 Å². The summed E-state index contributed by atoms with van der Waals surface area (Å²) in [4.78, 5) is 34.7. The van der Waals surface area contributed by atoms with Crippen molar-refractivity contribution < 1.29 is 33.5 Å². The number of carbonyl (C=O) groups is 2. The van der Waals surface area contributed by atoms with Crippen LogP contribution in [-0.2, 0) is 19.1 Å². The van der Waals surface area contributed by atoms with Crippen molar-refractivity contribution in [3.63, 3.8) is 0 Å². The lowest BCUT2D eigenvalue weighted by Gasteiger charge is -2.24. The Morgan fingerprint density at radius 3 is 1.83 bits per heavy atom. The van der Waals surface area contributed by atoms with Crippen molar-refractivity contribution >= 4 is 11.9 Å². The van der Waals surface area contributed by atoms with E-state index in [1.165, 1.54) is 14.2 Å². The van der Waals surface area contributed by atoms with E-state index in [-0.39, 0.29) is 17.1 Å². The zero-order chi connectivity index (χ0) is 18.3. The highest BCUT2D eigenvalue weighted by Crippen LogP contribution is 2.40. The van der Waals surface area contributed by atoms with Gasteiger partial charge in [0.05, 0.1) is 34.4 Å². The molecule has 0 spiro atoms. The van der Waals surface area contributed by atoms with Crippen molar-refractivity contribution in [3.05, 3.63) is 33.9 Å². The van der Waals surface area contributed by atoms with Crippen molar-refractivity contribution in [1.29, 1.82) is 0 Å². The summed E-state index contributed by atoms with van der Waals surface area (Å²) >= 11 is 0. The fourth-order valence-corrected chi connectivity index (χ4v) is 2.45. The van der Waals surface area contributed by atoms with E-state index in [0.717, 1.165) is 14.2 Å². The molecule has 0 aliphatic heterocycles. The SMILES string of the molecule is COC(=O)C(C(=O)OC)C(C[N+](=O)[O-])c1c(OC)cccc1OC. The van der Waals surface area contributed by atoms with Gasteiger partial charge in [-0.05, 0) is 12.1 Å². The minimum Gasteiger partial charge on any atom is -0.496 e. The molecule has 0 amide bonds. The van der Waals surface area contributed by atoms with Crippen molar-refractivity contribution in [2.45, 2.75) is 5.92 Å². The second kappa shape index (κ2) is 8.70. The number of hydrogen-bond donors (Lipinski definition) is 0. The van der Waals surface area contributed by atoms with E-state index in [9.17, 15) is 19.7 Å². The van der Waals surface area contributed by atoms with Crippen LogP contribution in [-0.4, -0.2) is 51.8 Å². The topological polar surface area (TPSA) is 114 Å². The number of nitro groups is 1. The minimum absolute atomic E-state index is 0.222. The van der Waals surface area contributed by atoms with Crippen molar-refractivity contribution in [2.75, 3.05) is 35.0 Å². The number of hydrogen-bond acceptors (Lipinski definition) is 8. The summed E-state index contributed by atoms with van der Waals surface area (Å²) in [6, 6.07) is 4.72. The van der Waals surface area contributed by atoms with Crippen molar-refractivity contribution in [1.82, 2.24) is 0 Å². The quantitative estimate of drug-likeness (QED) is 0.298. The van der Waals surface area contributed by atoms with Crippen LogP contribution in [0.1, 0.15) is 11.5 Å². The molecule has 0 fully saturated rings. The Morgan fingerprint density at radius 2 is 1.50 bits per heavy atom. The summed E-state index contributed by atoms with van der Waals surface area (Å²) in [6.07, 6.45) is 0. The summed E-state index contributed by atoms with van der Waals surface area (Å²) in [5.41, 5.74) is 0.222. The van der Waals surface area contributed by atoms with E-state index < -0.39 is 35.2 Å². The Bertz CT molecular complexity index is 577. The molecule has 0 bridgehead atoms. The zero-order valence-corrected chi connectivity index (χ0v) is 13.8. The van der Waals surface area contributed by atoms with E-state index in [2.05, 4.69) is 9.47 Å². The molecule has 0 heterocycles. The molecule has 0 saturated carbocycles. The van der Waals surface area contributed by atoms with Gasteiger partial charge in [-0.1, -0.05) is 6.07 Å². The summed E-state index contributed by atoms with van der Waals surface area (Å²) < 4.78 is 19.7. The third-order valence-corrected chi connectivity index (χ3v) is 3.50. The Hall–Kier alpha value is -2.84. The van der Waals surface area contributed by atoms with E-state index >= 15 is 0 Å². The van der Waals surface area contributed by atoms with E-state index in [0.29, 0.717) is 0 Å². The molecule has 0 aromatic heterocycles. The van der Waals surface area contributed by atoms with Crippen LogP contribution in [0, 0.1) is 16.0 Å². The van der Waals surface area contributed by atoms with Gasteiger partial charge in [0.15, 0.2) is 5.92 Å². The van der Waals surface area contributed by atoms with Gasteiger partial charge in [-0.3, -0.25) is 19.7 Å². The predicted molar refractivity (Wildman–Crippen MR) is 81.7 cm³/mol. The van der Waals surface area contributed by atoms with E-state index in [4.69, 9.17) is 9.47 Å². The molecule has 9 nitrogen and oxygen atoms in total. The van der Waals surface area contributed by atoms with Gasteiger partial charge in [-0.25, -0.2) is 0 Å². The van der Waals surface area contributed by atoms with Crippen LogP contribution in [0.4, 0.5) is 0 Å². The van der Waals surface area contributed by atoms with Gasteiger partial charge in [-0.15, -0.1) is 0 Å². The van der Waals surface area contributed by atoms with Gasteiger partial charge in [-0.2, -0.15) is 0 Å². The Kier molecular flexibility index (Phi) is 6.97. The number of esters is 2. The molecule has 0 aliphatic rings. The van der Waals surface area contributed by atoms with Crippen molar-refractivity contribution in [3.8, 4) is 11.5 Å². The second-order valence-electron chi connectivity index (χ2n) is 4.72. The van der Waals surface area contributed by atoms with Gasteiger partial charge >= 0.3 is 11.9 Å².